The quantitative estimate of drug-likeness (QED) is 0.535. The third-order valence-electron chi connectivity index (χ3n) is 3.47. The third kappa shape index (κ3) is 3.45. The smallest absolute Gasteiger partial charge is 0.128 e. The molecule has 0 N–H and O–H groups in total. The first-order valence-electron chi connectivity index (χ1n) is 6.58. The summed E-state index contributed by atoms with van der Waals surface area (Å²) in [6.07, 6.45) is 14.2. The molecule has 0 aromatic heterocycles. The molecule has 2 aliphatic rings. The number of halogens is 2. The second-order valence-corrected chi connectivity index (χ2v) is 6.93. The molecule has 2 heterocycles. The van der Waals surface area contributed by atoms with Crippen LogP contribution in [0.5, 0.6) is 0 Å². The van der Waals surface area contributed by atoms with E-state index in [1.807, 2.05) is 6.08 Å². The molecule has 0 aromatic carbocycles. The van der Waals surface area contributed by atoms with Crippen molar-refractivity contribution in [3.8, 4) is 12.3 Å². The van der Waals surface area contributed by atoms with E-state index in [9.17, 15) is 0 Å². The lowest BCUT2D eigenvalue weighted by molar-refractivity contribution is 0.0416. The maximum atomic E-state index is 6.10. The molecule has 1 unspecified atom stereocenters. The van der Waals surface area contributed by atoms with E-state index >= 15 is 0 Å². The highest BCUT2D eigenvalue weighted by molar-refractivity contribution is 9.09. The highest BCUT2D eigenvalue weighted by Crippen LogP contribution is 2.42. The highest BCUT2D eigenvalue weighted by atomic mass is 79.9. The summed E-state index contributed by atoms with van der Waals surface area (Å²) in [5.74, 6) is 3.45. The van der Waals surface area contributed by atoms with E-state index in [1.54, 1.807) is 6.08 Å². The second kappa shape index (κ2) is 6.97. The molecular weight excluding hydrogens is 372 g/mol. The van der Waals surface area contributed by atoms with Gasteiger partial charge in [0.25, 0.3) is 0 Å². The summed E-state index contributed by atoms with van der Waals surface area (Å²) in [6, 6.07) is 0. The zero-order valence-corrected chi connectivity index (χ0v) is 14.1. The Labute approximate surface area is 131 Å². The molecule has 19 heavy (non-hydrogen) atoms. The Morgan fingerprint density at radius 3 is 3.00 bits per heavy atom. The molecule has 104 valence electrons. The van der Waals surface area contributed by atoms with Crippen molar-refractivity contribution in [3.05, 3.63) is 24.0 Å². The van der Waals surface area contributed by atoms with Crippen LogP contribution in [0.15, 0.2) is 24.0 Å². The van der Waals surface area contributed by atoms with Crippen LogP contribution in [0.2, 0.25) is 0 Å². The van der Waals surface area contributed by atoms with Gasteiger partial charge in [-0.15, -0.1) is 6.42 Å². The predicted molar refractivity (Wildman–Crippen MR) is 84.5 cm³/mol. The van der Waals surface area contributed by atoms with Crippen molar-refractivity contribution in [3.63, 3.8) is 0 Å². The van der Waals surface area contributed by atoms with Gasteiger partial charge in [0, 0.05) is 11.2 Å². The number of ether oxygens (including phenoxy) is 2. The fourth-order valence-corrected chi connectivity index (χ4v) is 3.56. The second-order valence-electron chi connectivity index (χ2n) is 4.77. The number of alkyl halides is 2. The van der Waals surface area contributed by atoms with Gasteiger partial charge in [0.1, 0.15) is 22.8 Å². The van der Waals surface area contributed by atoms with Crippen LogP contribution < -0.4 is 0 Å². The van der Waals surface area contributed by atoms with Gasteiger partial charge in [0.15, 0.2) is 0 Å². The lowest BCUT2D eigenvalue weighted by Gasteiger charge is -2.18. The monoisotopic (exact) mass is 388 g/mol. The summed E-state index contributed by atoms with van der Waals surface area (Å²) >= 11 is 7.35. The minimum absolute atomic E-state index is 0.125. The molecular formula is C15H18Br2O2. The number of hydrogen-bond acceptors (Lipinski definition) is 2. The van der Waals surface area contributed by atoms with Crippen LogP contribution in [0.4, 0.5) is 0 Å². The van der Waals surface area contributed by atoms with Crippen molar-refractivity contribution >= 4 is 31.9 Å². The number of terminal acetylenes is 1. The Morgan fingerprint density at radius 2 is 2.37 bits per heavy atom. The summed E-state index contributed by atoms with van der Waals surface area (Å²) < 4.78 is 12.1. The van der Waals surface area contributed by atoms with Crippen molar-refractivity contribution in [1.82, 2.24) is 0 Å². The molecule has 0 radical (unpaired) electrons. The predicted octanol–water partition coefficient (Wildman–Crippen LogP) is 3.94. The summed E-state index contributed by atoms with van der Waals surface area (Å²) in [6.45, 7) is 2.16. The lowest BCUT2D eigenvalue weighted by atomic mass is 10.1. The van der Waals surface area contributed by atoms with Crippen molar-refractivity contribution < 1.29 is 9.47 Å². The van der Waals surface area contributed by atoms with Gasteiger partial charge >= 0.3 is 0 Å². The Hall–Kier alpha value is -0.240. The largest absolute Gasteiger partial charge is 0.491 e. The molecule has 0 bridgehead atoms. The van der Waals surface area contributed by atoms with Crippen LogP contribution in [-0.2, 0) is 9.47 Å². The van der Waals surface area contributed by atoms with Crippen LogP contribution in [-0.4, -0.2) is 28.0 Å². The average Bonchev–Trinajstić information content (AvgIpc) is 2.95. The maximum absolute atomic E-state index is 6.10. The summed E-state index contributed by atoms with van der Waals surface area (Å²) in [5.41, 5.74) is 0. The van der Waals surface area contributed by atoms with E-state index in [-0.39, 0.29) is 23.1 Å². The molecule has 0 amide bonds. The Morgan fingerprint density at radius 1 is 1.58 bits per heavy atom. The molecule has 0 spiro atoms. The first kappa shape index (κ1) is 15.2. The molecule has 0 saturated carbocycles. The fraction of sp³-hybridized carbons (Fsp3) is 0.600. The summed E-state index contributed by atoms with van der Waals surface area (Å²) in [4.78, 5) is 0.561. The van der Waals surface area contributed by atoms with Gasteiger partial charge in [-0.2, -0.15) is 0 Å². The maximum Gasteiger partial charge on any atom is 0.128 e. The molecule has 2 nitrogen and oxygen atoms in total. The Balaban J connectivity index is 1.93. The SMILES string of the molecule is C#C/C=C\C/C=C1\O[C@H]2C[C@H](C(Br)CC)O[C@H]2[C@@H]1Br. The number of rotatable bonds is 4. The Kier molecular flexibility index (Phi) is 5.56. The molecule has 4 heteroatoms. The van der Waals surface area contributed by atoms with Crippen LogP contribution in [0.3, 0.4) is 0 Å². The van der Waals surface area contributed by atoms with Crippen molar-refractivity contribution in [1.29, 1.82) is 0 Å². The molecule has 0 aliphatic carbocycles. The molecule has 2 saturated heterocycles. The average molecular weight is 390 g/mol. The van der Waals surface area contributed by atoms with E-state index in [0.717, 1.165) is 25.0 Å². The van der Waals surface area contributed by atoms with E-state index in [4.69, 9.17) is 15.9 Å². The highest BCUT2D eigenvalue weighted by Gasteiger charge is 2.49. The van der Waals surface area contributed by atoms with E-state index in [0.29, 0.717) is 4.83 Å². The van der Waals surface area contributed by atoms with Crippen LogP contribution in [0, 0.1) is 12.3 Å². The minimum Gasteiger partial charge on any atom is -0.491 e. The van der Waals surface area contributed by atoms with Gasteiger partial charge in [-0.1, -0.05) is 50.8 Å². The van der Waals surface area contributed by atoms with E-state index in [2.05, 4.69) is 50.8 Å². The fourth-order valence-electron chi connectivity index (χ4n) is 2.46. The van der Waals surface area contributed by atoms with Gasteiger partial charge in [-0.3, -0.25) is 0 Å². The number of hydrogen-bond donors (Lipinski definition) is 0. The normalized spacial score (nSPS) is 37.3. The summed E-state index contributed by atoms with van der Waals surface area (Å²) in [5, 5.41) is 0. The lowest BCUT2D eigenvalue weighted by Crippen LogP contribution is -2.25. The molecule has 2 aliphatic heterocycles. The first-order valence-corrected chi connectivity index (χ1v) is 8.42. The minimum atomic E-state index is 0.125. The zero-order valence-electron chi connectivity index (χ0n) is 10.9. The zero-order chi connectivity index (χ0) is 13.8. The number of allylic oxidation sites excluding steroid dienone is 3. The first-order chi connectivity index (χ1) is 9.17. The van der Waals surface area contributed by atoms with Gasteiger partial charge in [0.2, 0.25) is 0 Å². The van der Waals surface area contributed by atoms with Crippen molar-refractivity contribution in [2.75, 3.05) is 0 Å². The third-order valence-corrected chi connectivity index (χ3v) is 5.68. The molecule has 2 rings (SSSR count). The molecule has 2 fully saturated rings. The van der Waals surface area contributed by atoms with Crippen molar-refractivity contribution in [2.24, 2.45) is 0 Å². The van der Waals surface area contributed by atoms with Gasteiger partial charge in [-0.05, 0) is 25.0 Å². The van der Waals surface area contributed by atoms with Crippen LogP contribution in [0.25, 0.3) is 0 Å². The van der Waals surface area contributed by atoms with Gasteiger partial charge in [-0.25, -0.2) is 0 Å². The summed E-state index contributed by atoms with van der Waals surface area (Å²) in [7, 11) is 0. The van der Waals surface area contributed by atoms with Crippen LogP contribution >= 0.6 is 31.9 Å². The number of fused-ring (bicyclic) bond motifs is 1. The van der Waals surface area contributed by atoms with E-state index in [1.165, 1.54) is 0 Å². The standard InChI is InChI=1S/C15H18Br2O2/c1-3-5-6-7-8-11-14(17)15-13(18-11)9-12(19-15)10(16)4-2/h1,5-6,8,10,12-15H,4,7,9H2,2H3/b6-5-,11-8-/t10?,12-,13+,14-,15-/m1/s1. The Bertz CT molecular complexity index is 411. The van der Waals surface area contributed by atoms with Gasteiger partial charge < -0.3 is 9.47 Å². The van der Waals surface area contributed by atoms with E-state index < -0.39 is 0 Å². The molecule has 0 aromatic rings. The topological polar surface area (TPSA) is 18.5 Å². The van der Waals surface area contributed by atoms with Crippen LogP contribution in [0.1, 0.15) is 26.2 Å². The van der Waals surface area contributed by atoms with Crippen molar-refractivity contribution in [2.45, 2.75) is 54.2 Å². The molecule has 5 atom stereocenters. The van der Waals surface area contributed by atoms with Gasteiger partial charge in [0.05, 0.1) is 6.10 Å².